The van der Waals surface area contributed by atoms with Crippen LogP contribution >= 0.6 is 22.7 Å². The minimum absolute atomic E-state index is 0.0569. The summed E-state index contributed by atoms with van der Waals surface area (Å²) in [5.41, 5.74) is 7.04. The maximum absolute atomic E-state index is 12.2. The zero-order valence-electron chi connectivity index (χ0n) is 11.7. The molecule has 2 aromatic rings. The fourth-order valence-electron chi connectivity index (χ4n) is 1.78. The summed E-state index contributed by atoms with van der Waals surface area (Å²) in [7, 11) is 3.75. The van der Waals surface area contributed by atoms with Crippen LogP contribution in [0.4, 0.5) is 10.9 Å². The first kappa shape index (κ1) is 14.8. The van der Waals surface area contributed by atoms with Gasteiger partial charge in [0.05, 0.1) is 0 Å². The quantitative estimate of drug-likeness (QED) is 0.888. The highest BCUT2D eigenvalue weighted by atomic mass is 32.1. The fourth-order valence-corrected chi connectivity index (χ4v) is 3.27. The second kappa shape index (κ2) is 6.23. The maximum Gasteiger partial charge on any atom is 0.265 e. The van der Waals surface area contributed by atoms with Crippen LogP contribution in [0.25, 0.3) is 0 Å². The smallest absolute Gasteiger partial charge is 0.265 e. The van der Waals surface area contributed by atoms with E-state index in [2.05, 4.69) is 21.7 Å². The molecule has 5 nitrogen and oxygen atoms in total. The van der Waals surface area contributed by atoms with Crippen molar-refractivity contribution in [1.82, 2.24) is 10.3 Å². The van der Waals surface area contributed by atoms with E-state index in [0.29, 0.717) is 10.7 Å². The number of aromatic nitrogens is 1. The minimum Gasteiger partial charge on any atom is -0.382 e. The van der Waals surface area contributed by atoms with E-state index < -0.39 is 0 Å². The van der Waals surface area contributed by atoms with Crippen LogP contribution in [0.15, 0.2) is 16.8 Å². The largest absolute Gasteiger partial charge is 0.382 e. The number of nitrogens with zero attached hydrogens (tertiary/aromatic N) is 2. The number of amides is 1. The number of nitrogens with one attached hydrogen (secondary N) is 1. The molecule has 1 amide bonds. The molecular formula is C13H18N4OS2. The number of hydrogen-bond donors (Lipinski definition) is 2. The predicted octanol–water partition coefficient (Wildman–Crippen LogP) is 2.21. The summed E-state index contributed by atoms with van der Waals surface area (Å²) in [6.07, 6.45) is 0.814. The molecule has 0 aliphatic heterocycles. The average molecular weight is 310 g/mol. The number of nitrogen functional groups attached to an aromatic ring is 1. The molecule has 0 aromatic carbocycles. The molecule has 0 radical (unpaired) electrons. The molecule has 0 saturated heterocycles. The number of carbonyl (C=O) groups excluding carboxylic acids is 1. The van der Waals surface area contributed by atoms with E-state index in [-0.39, 0.29) is 11.9 Å². The van der Waals surface area contributed by atoms with Gasteiger partial charge in [0.15, 0.2) is 5.13 Å². The summed E-state index contributed by atoms with van der Waals surface area (Å²) in [6, 6.07) is 2.12. The number of hydrogen-bond acceptors (Lipinski definition) is 6. The third-order valence-electron chi connectivity index (χ3n) is 2.73. The molecule has 1 atom stereocenters. The topological polar surface area (TPSA) is 71.2 Å². The predicted molar refractivity (Wildman–Crippen MR) is 85.8 cm³/mol. The Morgan fingerprint density at radius 1 is 1.55 bits per heavy atom. The van der Waals surface area contributed by atoms with E-state index in [1.807, 2.05) is 31.3 Å². The maximum atomic E-state index is 12.2. The van der Waals surface area contributed by atoms with E-state index in [9.17, 15) is 4.79 Å². The molecule has 20 heavy (non-hydrogen) atoms. The average Bonchev–Trinajstić information content (AvgIpc) is 2.98. The van der Waals surface area contributed by atoms with Crippen LogP contribution in [-0.4, -0.2) is 31.0 Å². The molecule has 7 heteroatoms. The van der Waals surface area contributed by atoms with Crippen LogP contribution in [0.5, 0.6) is 0 Å². The Labute approximate surface area is 126 Å². The lowest BCUT2D eigenvalue weighted by Gasteiger charge is -2.12. The number of carbonyl (C=O) groups is 1. The van der Waals surface area contributed by atoms with Crippen LogP contribution in [0, 0.1) is 0 Å². The van der Waals surface area contributed by atoms with Crippen molar-refractivity contribution in [1.29, 1.82) is 0 Å². The van der Waals surface area contributed by atoms with Crippen molar-refractivity contribution in [3.05, 3.63) is 27.3 Å². The molecule has 0 aliphatic carbocycles. The first-order valence-corrected chi connectivity index (χ1v) is 7.99. The van der Waals surface area contributed by atoms with Gasteiger partial charge in [0.25, 0.3) is 5.91 Å². The molecule has 2 heterocycles. The van der Waals surface area contributed by atoms with Crippen molar-refractivity contribution in [3.8, 4) is 0 Å². The highest BCUT2D eigenvalue weighted by molar-refractivity contribution is 7.18. The van der Waals surface area contributed by atoms with Crippen molar-refractivity contribution < 1.29 is 4.79 Å². The summed E-state index contributed by atoms with van der Waals surface area (Å²) in [6.45, 7) is 1.99. The summed E-state index contributed by atoms with van der Waals surface area (Å²) in [5.74, 6) is 0.134. The zero-order valence-corrected chi connectivity index (χ0v) is 13.3. The van der Waals surface area contributed by atoms with Crippen LogP contribution in [-0.2, 0) is 6.42 Å². The van der Waals surface area contributed by atoms with E-state index in [1.165, 1.54) is 16.9 Å². The Balaban J connectivity index is 2.00. The summed E-state index contributed by atoms with van der Waals surface area (Å²) < 4.78 is 0. The Hall–Kier alpha value is -1.60. The van der Waals surface area contributed by atoms with E-state index in [0.717, 1.165) is 11.6 Å². The van der Waals surface area contributed by atoms with Gasteiger partial charge in [0, 0.05) is 20.1 Å². The second-order valence-corrected chi connectivity index (χ2v) is 6.57. The van der Waals surface area contributed by atoms with Gasteiger partial charge < -0.3 is 16.0 Å². The Kier molecular flexibility index (Phi) is 4.61. The van der Waals surface area contributed by atoms with Gasteiger partial charge >= 0.3 is 0 Å². The molecule has 0 saturated carbocycles. The van der Waals surface area contributed by atoms with Gasteiger partial charge in [-0.15, -0.1) is 0 Å². The lowest BCUT2D eigenvalue weighted by atomic mass is 10.1. The van der Waals surface area contributed by atoms with Crippen LogP contribution in [0.1, 0.15) is 22.2 Å². The Morgan fingerprint density at radius 3 is 2.85 bits per heavy atom. The highest BCUT2D eigenvalue weighted by Gasteiger charge is 2.18. The SMILES string of the molecule is CC(Cc1ccsc1)NC(=O)c1sc(N(C)C)nc1N. The van der Waals surface area contributed by atoms with Gasteiger partial charge in [-0.2, -0.15) is 11.3 Å². The normalized spacial score (nSPS) is 12.2. The summed E-state index contributed by atoms with van der Waals surface area (Å²) in [4.78, 5) is 18.7. The highest BCUT2D eigenvalue weighted by Crippen LogP contribution is 2.26. The summed E-state index contributed by atoms with van der Waals surface area (Å²) >= 11 is 2.97. The molecule has 0 fully saturated rings. The van der Waals surface area contributed by atoms with Gasteiger partial charge in [-0.25, -0.2) is 4.98 Å². The minimum atomic E-state index is -0.157. The van der Waals surface area contributed by atoms with Gasteiger partial charge in [-0.3, -0.25) is 4.79 Å². The van der Waals surface area contributed by atoms with E-state index in [4.69, 9.17) is 5.73 Å². The molecule has 108 valence electrons. The first-order valence-electron chi connectivity index (χ1n) is 6.23. The van der Waals surface area contributed by atoms with Crippen molar-refractivity contribution >= 4 is 39.5 Å². The zero-order chi connectivity index (χ0) is 14.7. The molecule has 3 N–H and O–H groups in total. The number of thiophene rings is 1. The Bertz CT molecular complexity index is 577. The number of thiazole rings is 1. The van der Waals surface area contributed by atoms with Crippen LogP contribution in [0.3, 0.4) is 0 Å². The molecule has 2 aromatic heterocycles. The Morgan fingerprint density at radius 2 is 2.30 bits per heavy atom. The van der Waals surface area contributed by atoms with Gasteiger partial charge in [-0.1, -0.05) is 11.3 Å². The molecular weight excluding hydrogens is 292 g/mol. The molecule has 0 bridgehead atoms. The van der Waals surface area contributed by atoms with Gasteiger partial charge in [0.2, 0.25) is 0 Å². The molecule has 2 rings (SSSR count). The fraction of sp³-hybridized carbons (Fsp3) is 0.385. The lowest BCUT2D eigenvalue weighted by Crippen LogP contribution is -2.33. The van der Waals surface area contributed by atoms with Crippen molar-refractivity contribution in [3.63, 3.8) is 0 Å². The molecule has 0 aliphatic rings. The molecule has 1 unspecified atom stereocenters. The van der Waals surface area contributed by atoms with E-state index in [1.54, 1.807) is 11.3 Å². The van der Waals surface area contributed by atoms with Gasteiger partial charge in [0.1, 0.15) is 10.7 Å². The number of nitrogens with two attached hydrogens (primary N) is 1. The van der Waals surface area contributed by atoms with E-state index >= 15 is 0 Å². The van der Waals surface area contributed by atoms with Crippen molar-refractivity contribution in [2.75, 3.05) is 24.7 Å². The second-order valence-electron chi connectivity index (χ2n) is 4.82. The summed E-state index contributed by atoms with van der Waals surface area (Å²) in [5, 5.41) is 7.83. The standard InChI is InChI=1S/C13H18N4OS2/c1-8(6-9-4-5-19-7-9)15-12(18)10-11(14)16-13(20-10)17(2)3/h4-5,7-8H,6,14H2,1-3H3,(H,15,18). The number of anilines is 2. The van der Waals surface area contributed by atoms with Crippen molar-refractivity contribution in [2.45, 2.75) is 19.4 Å². The monoisotopic (exact) mass is 310 g/mol. The van der Waals surface area contributed by atoms with Gasteiger partial charge in [-0.05, 0) is 35.7 Å². The van der Waals surface area contributed by atoms with Crippen LogP contribution < -0.4 is 16.0 Å². The third kappa shape index (κ3) is 3.49. The van der Waals surface area contributed by atoms with Crippen molar-refractivity contribution in [2.24, 2.45) is 0 Å². The number of rotatable bonds is 5. The van der Waals surface area contributed by atoms with Crippen LogP contribution in [0.2, 0.25) is 0 Å². The molecule has 0 spiro atoms. The third-order valence-corrected chi connectivity index (χ3v) is 4.70. The lowest BCUT2D eigenvalue weighted by molar-refractivity contribution is 0.0945. The first-order chi connectivity index (χ1) is 9.47.